The SMILES string of the molecule is O=C(O)CN(C(=O)CNC(=O)CC1CCCC1)c1ccccc1. The first-order valence-corrected chi connectivity index (χ1v) is 7.90. The van der Waals surface area contributed by atoms with Crippen LogP contribution in [0.4, 0.5) is 5.69 Å². The van der Waals surface area contributed by atoms with Crippen molar-refractivity contribution in [2.45, 2.75) is 32.1 Å². The number of amides is 2. The molecule has 1 saturated carbocycles. The number of anilines is 1. The van der Waals surface area contributed by atoms with E-state index in [1.54, 1.807) is 30.3 Å². The van der Waals surface area contributed by atoms with Crippen LogP contribution in [-0.2, 0) is 14.4 Å². The van der Waals surface area contributed by atoms with E-state index in [2.05, 4.69) is 5.32 Å². The highest BCUT2D eigenvalue weighted by atomic mass is 16.4. The number of rotatable bonds is 7. The zero-order valence-corrected chi connectivity index (χ0v) is 13.0. The molecule has 1 aliphatic carbocycles. The minimum atomic E-state index is -1.10. The Morgan fingerprint density at radius 1 is 1.13 bits per heavy atom. The average molecular weight is 318 g/mol. The van der Waals surface area contributed by atoms with Crippen molar-refractivity contribution in [1.29, 1.82) is 0 Å². The fraction of sp³-hybridized carbons (Fsp3) is 0.471. The highest BCUT2D eigenvalue weighted by Gasteiger charge is 2.21. The summed E-state index contributed by atoms with van der Waals surface area (Å²) in [6, 6.07) is 8.59. The quantitative estimate of drug-likeness (QED) is 0.802. The molecule has 0 atom stereocenters. The molecule has 1 fully saturated rings. The van der Waals surface area contributed by atoms with Crippen molar-refractivity contribution in [2.75, 3.05) is 18.0 Å². The Kier molecular flexibility index (Phi) is 6.14. The van der Waals surface area contributed by atoms with Crippen molar-refractivity contribution >= 4 is 23.5 Å². The molecule has 23 heavy (non-hydrogen) atoms. The molecule has 0 heterocycles. The van der Waals surface area contributed by atoms with Crippen LogP contribution in [0.3, 0.4) is 0 Å². The number of carbonyl (C=O) groups is 3. The normalized spacial score (nSPS) is 14.4. The largest absolute Gasteiger partial charge is 0.480 e. The maximum absolute atomic E-state index is 12.3. The van der Waals surface area contributed by atoms with Gasteiger partial charge in [-0.25, -0.2) is 0 Å². The monoisotopic (exact) mass is 318 g/mol. The zero-order chi connectivity index (χ0) is 16.7. The maximum Gasteiger partial charge on any atom is 0.323 e. The predicted octanol–water partition coefficient (Wildman–Crippen LogP) is 1.80. The summed E-state index contributed by atoms with van der Waals surface area (Å²) in [4.78, 5) is 36.3. The molecule has 2 N–H and O–H groups in total. The van der Waals surface area contributed by atoms with Gasteiger partial charge in [-0.2, -0.15) is 0 Å². The lowest BCUT2D eigenvalue weighted by Gasteiger charge is -2.21. The molecular weight excluding hydrogens is 296 g/mol. The minimum absolute atomic E-state index is 0.145. The average Bonchev–Trinajstić information content (AvgIpc) is 3.04. The van der Waals surface area contributed by atoms with Crippen LogP contribution in [0.2, 0.25) is 0 Å². The number of carboxylic acids is 1. The van der Waals surface area contributed by atoms with Crippen molar-refractivity contribution in [1.82, 2.24) is 5.32 Å². The van der Waals surface area contributed by atoms with Crippen molar-refractivity contribution in [3.63, 3.8) is 0 Å². The highest BCUT2D eigenvalue weighted by Crippen LogP contribution is 2.27. The summed E-state index contributed by atoms with van der Waals surface area (Å²) >= 11 is 0. The van der Waals surface area contributed by atoms with Crippen molar-refractivity contribution < 1.29 is 19.5 Å². The molecular formula is C17H22N2O4. The molecule has 124 valence electrons. The third-order valence-corrected chi connectivity index (χ3v) is 4.05. The molecule has 1 aromatic rings. The Hall–Kier alpha value is -2.37. The van der Waals surface area contributed by atoms with Crippen molar-refractivity contribution in [2.24, 2.45) is 5.92 Å². The molecule has 6 nitrogen and oxygen atoms in total. The summed E-state index contributed by atoms with van der Waals surface area (Å²) in [5.74, 6) is -1.26. The molecule has 0 saturated heterocycles. The van der Waals surface area contributed by atoms with Crippen LogP contribution in [0, 0.1) is 5.92 Å². The van der Waals surface area contributed by atoms with Gasteiger partial charge in [-0.05, 0) is 30.9 Å². The van der Waals surface area contributed by atoms with Gasteiger partial charge in [0.1, 0.15) is 6.54 Å². The number of nitrogens with one attached hydrogen (secondary N) is 1. The first-order valence-electron chi connectivity index (χ1n) is 7.90. The lowest BCUT2D eigenvalue weighted by atomic mass is 10.0. The number of aliphatic carboxylic acids is 1. The van der Waals surface area contributed by atoms with E-state index in [9.17, 15) is 14.4 Å². The van der Waals surface area contributed by atoms with Gasteiger partial charge in [-0.1, -0.05) is 31.0 Å². The zero-order valence-electron chi connectivity index (χ0n) is 13.0. The molecule has 1 aromatic carbocycles. The first-order chi connectivity index (χ1) is 11.1. The van der Waals surface area contributed by atoms with Crippen LogP contribution in [-0.4, -0.2) is 36.0 Å². The Balaban J connectivity index is 1.89. The fourth-order valence-electron chi connectivity index (χ4n) is 2.89. The minimum Gasteiger partial charge on any atom is -0.480 e. The molecule has 0 bridgehead atoms. The predicted molar refractivity (Wildman–Crippen MR) is 86.0 cm³/mol. The van der Waals surface area contributed by atoms with Gasteiger partial charge >= 0.3 is 5.97 Å². The molecule has 1 aliphatic rings. The van der Waals surface area contributed by atoms with Gasteiger partial charge in [0, 0.05) is 12.1 Å². The summed E-state index contributed by atoms with van der Waals surface area (Å²) in [5, 5.41) is 11.6. The van der Waals surface area contributed by atoms with E-state index < -0.39 is 18.4 Å². The topological polar surface area (TPSA) is 86.7 Å². The van der Waals surface area contributed by atoms with E-state index in [0.29, 0.717) is 18.0 Å². The summed E-state index contributed by atoms with van der Waals surface area (Å²) in [5.41, 5.74) is 0.505. The van der Waals surface area contributed by atoms with Gasteiger partial charge in [0.15, 0.2) is 0 Å². The number of para-hydroxylation sites is 1. The molecule has 0 spiro atoms. The number of nitrogens with zero attached hydrogens (tertiary/aromatic N) is 1. The number of carboxylic acid groups (broad SMARTS) is 1. The fourth-order valence-corrected chi connectivity index (χ4v) is 2.89. The summed E-state index contributed by atoms with van der Waals surface area (Å²) in [6.45, 7) is -0.616. The summed E-state index contributed by atoms with van der Waals surface area (Å²) in [7, 11) is 0. The van der Waals surface area contributed by atoms with Gasteiger partial charge in [-0.3, -0.25) is 19.3 Å². The number of carbonyl (C=O) groups excluding carboxylic acids is 2. The summed E-state index contributed by atoms with van der Waals surface area (Å²) in [6.07, 6.45) is 4.90. The van der Waals surface area contributed by atoms with Gasteiger partial charge in [0.05, 0.1) is 6.54 Å². The van der Waals surface area contributed by atoms with Gasteiger partial charge in [-0.15, -0.1) is 0 Å². The van der Waals surface area contributed by atoms with E-state index in [1.807, 2.05) is 0 Å². The Morgan fingerprint density at radius 2 is 1.78 bits per heavy atom. The number of hydrogen-bond donors (Lipinski definition) is 2. The maximum atomic E-state index is 12.3. The van der Waals surface area contributed by atoms with Crippen LogP contribution in [0.15, 0.2) is 30.3 Å². The van der Waals surface area contributed by atoms with Crippen molar-refractivity contribution in [3.05, 3.63) is 30.3 Å². The lowest BCUT2D eigenvalue weighted by Crippen LogP contribution is -2.43. The number of hydrogen-bond acceptors (Lipinski definition) is 3. The Morgan fingerprint density at radius 3 is 2.39 bits per heavy atom. The molecule has 0 radical (unpaired) electrons. The van der Waals surface area contributed by atoms with Crippen molar-refractivity contribution in [3.8, 4) is 0 Å². The van der Waals surface area contributed by atoms with E-state index in [0.717, 1.165) is 30.6 Å². The Bertz CT molecular complexity index is 553. The molecule has 2 amide bonds. The van der Waals surface area contributed by atoms with E-state index in [-0.39, 0.29) is 12.5 Å². The third-order valence-electron chi connectivity index (χ3n) is 4.05. The molecule has 2 rings (SSSR count). The molecule has 6 heteroatoms. The smallest absolute Gasteiger partial charge is 0.323 e. The molecule has 0 aliphatic heterocycles. The second-order valence-electron chi connectivity index (χ2n) is 5.84. The van der Waals surface area contributed by atoms with Gasteiger partial charge in [0.2, 0.25) is 11.8 Å². The van der Waals surface area contributed by atoms with Crippen LogP contribution < -0.4 is 10.2 Å². The molecule has 0 aromatic heterocycles. The third kappa shape index (κ3) is 5.39. The summed E-state index contributed by atoms with van der Waals surface area (Å²) < 4.78 is 0. The first kappa shape index (κ1) is 17.0. The lowest BCUT2D eigenvalue weighted by molar-refractivity contribution is -0.136. The van der Waals surface area contributed by atoms with E-state index in [1.165, 1.54) is 0 Å². The standard InChI is InChI=1S/C17H22N2O4/c20-15(10-13-6-4-5-7-13)18-11-16(21)19(12-17(22)23)14-8-2-1-3-9-14/h1-3,8-9,13H,4-7,10-12H2,(H,18,20)(H,22,23). The second-order valence-corrected chi connectivity index (χ2v) is 5.84. The highest BCUT2D eigenvalue weighted by molar-refractivity contribution is 5.99. The van der Waals surface area contributed by atoms with Crippen LogP contribution >= 0.6 is 0 Å². The van der Waals surface area contributed by atoms with Crippen LogP contribution in [0.1, 0.15) is 32.1 Å². The van der Waals surface area contributed by atoms with Crippen LogP contribution in [0.25, 0.3) is 0 Å². The van der Waals surface area contributed by atoms with Crippen LogP contribution in [0.5, 0.6) is 0 Å². The Labute approximate surface area is 135 Å². The van der Waals surface area contributed by atoms with Gasteiger partial charge < -0.3 is 10.4 Å². The molecule has 0 unspecified atom stereocenters. The van der Waals surface area contributed by atoms with Gasteiger partial charge in [0.25, 0.3) is 0 Å². The second kappa shape index (κ2) is 8.31. The number of benzene rings is 1. The van der Waals surface area contributed by atoms with E-state index >= 15 is 0 Å². The van der Waals surface area contributed by atoms with E-state index in [4.69, 9.17) is 5.11 Å².